The molecule has 2 heterocycles. The Morgan fingerprint density at radius 1 is 1.47 bits per heavy atom. The highest BCUT2D eigenvalue weighted by Crippen LogP contribution is 2.20. The van der Waals surface area contributed by atoms with Crippen LogP contribution in [0.4, 0.5) is 4.39 Å². The molecule has 3 nitrogen and oxygen atoms in total. The lowest BCUT2D eigenvalue weighted by molar-refractivity contribution is 0.443. The Morgan fingerprint density at radius 2 is 2.35 bits per heavy atom. The molecular weight excluding hydrogens is 219 g/mol. The zero-order valence-corrected chi connectivity index (χ0v) is 9.69. The van der Waals surface area contributed by atoms with Gasteiger partial charge in [-0.3, -0.25) is 4.98 Å². The topological polar surface area (TPSA) is 38.1 Å². The standard InChI is InChI=1S/C13H15FN2O/c1-2-16-13(8-10-4-3-7-17-10)11-5-6-15-9-12(11)14/h3-7,9,13,16H,2,8H2,1H3. The summed E-state index contributed by atoms with van der Waals surface area (Å²) < 4.78 is 19.0. The summed E-state index contributed by atoms with van der Waals surface area (Å²) >= 11 is 0. The Kier molecular flexibility index (Phi) is 3.88. The van der Waals surface area contributed by atoms with E-state index in [0.717, 1.165) is 12.3 Å². The van der Waals surface area contributed by atoms with Crippen LogP contribution in [0.1, 0.15) is 24.3 Å². The first kappa shape index (κ1) is 11.8. The van der Waals surface area contributed by atoms with Crippen LogP contribution in [-0.2, 0) is 6.42 Å². The Bertz CT molecular complexity index is 456. The molecule has 1 unspecified atom stereocenters. The van der Waals surface area contributed by atoms with Crippen molar-refractivity contribution in [2.24, 2.45) is 0 Å². The van der Waals surface area contributed by atoms with Crippen molar-refractivity contribution in [2.75, 3.05) is 6.54 Å². The maximum Gasteiger partial charge on any atom is 0.146 e. The van der Waals surface area contributed by atoms with E-state index in [1.807, 2.05) is 19.1 Å². The quantitative estimate of drug-likeness (QED) is 0.864. The number of nitrogens with zero attached hydrogens (tertiary/aromatic N) is 1. The molecule has 2 rings (SSSR count). The van der Waals surface area contributed by atoms with Gasteiger partial charge in [-0.15, -0.1) is 0 Å². The van der Waals surface area contributed by atoms with E-state index in [2.05, 4.69) is 10.3 Å². The smallest absolute Gasteiger partial charge is 0.146 e. The fourth-order valence-electron chi connectivity index (χ4n) is 1.84. The van der Waals surface area contributed by atoms with Gasteiger partial charge in [0.1, 0.15) is 11.6 Å². The first-order chi connectivity index (χ1) is 8.31. The van der Waals surface area contributed by atoms with Gasteiger partial charge in [-0.1, -0.05) is 6.92 Å². The molecule has 1 N–H and O–H groups in total. The second-order valence-corrected chi connectivity index (χ2v) is 3.79. The molecule has 4 heteroatoms. The van der Waals surface area contributed by atoms with E-state index >= 15 is 0 Å². The van der Waals surface area contributed by atoms with Crippen molar-refractivity contribution in [1.29, 1.82) is 0 Å². The van der Waals surface area contributed by atoms with Crippen LogP contribution in [0.15, 0.2) is 41.3 Å². The number of hydrogen-bond acceptors (Lipinski definition) is 3. The fourth-order valence-corrected chi connectivity index (χ4v) is 1.84. The van der Waals surface area contributed by atoms with E-state index in [4.69, 9.17) is 4.42 Å². The molecule has 0 aromatic carbocycles. The first-order valence-electron chi connectivity index (χ1n) is 5.66. The van der Waals surface area contributed by atoms with Crippen molar-refractivity contribution in [2.45, 2.75) is 19.4 Å². The highest BCUT2D eigenvalue weighted by molar-refractivity contribution is 5.19. The van der Waals surface area contributed by atoms with E-state index in [-0.39, 0.29) is 11.9 Å². The van der Waals surface area contributed by atoms with Crippen LogP contribution in [0.5, 0.6) is 0 Å². The Hall–Kier alpha value is -1.68. The summed E-state index contributed by atoms with van der Waals surface area (Å²) in [6.45, 7) is 2.77. The highest BCUT2D eigenvalue weighted by atomic mass is 19.1. The van der Waals surface area contributed by atoms with Gasteiger partial charge in [0.2, 0.25) is 0 Å². The van der Waals surface area contributed by atoms with Crippen LogP contribution in [0, 0.1) is 5.82 Å². The van der Waals surface area contributed by atoms with Crippen LogP contribution in [0.2, 0.25) is 0 Å². The van der Waals surface area contributed by atoms with Crippen LogP contribution < -0.4 is 5.32 Å². The number of hydrogen-bond donors (Lipinski definition) is 1. The van der Waals surface area contributed by atoms with E-state index < -0.39 is 0 Å². The predicted octanol–water partition coefficient (Wildman–Crippen LogP) is 2.71. The summed E-state index contributed by atoms with van der Waals surface area (Å²) in [5.74, 6) is 0.553. The summed E-state index contributed by atoms with van der Waals surface area (Å²) in [6, 6.07) is 5.34. The summed E-state index contributed by atoms with van der Waals surface area (Å²) in [6.07, 6.45) is 5.09. The Balaban J connectivity index is 2.20. The number of rotatable bonds is 5. The van der Waals surface area contributed by atoms with Crippen molar-refractivity contribution in [3.63, 3.8) is 0 Å². The normalized spacial score (nSPS) is 12.6. The minimum atomic E-state index is -0.287. The van der Waals surface area contributed by atoms with Gasteiger partial charge in [0.25, 0.3) is 0 Å². The fraction of sp³-hybridized carbons (Fsp3) is 0.308. The summed E-state index contributed by atoms with van der Waals surface area (Å²) in [5.41, 5.74) is 0.623. The van der Waals surface area contributed by atoms with Crippen molar-refractivity contribution in [3.05, 3.63) is 54.0 Å². The Labute approximate surface area is 99.7 Å². The van der Waals surface area contributed by atoms with Gasteiger partial charge in [-0.05, 0) is 24.7 Å². The number of nitrogens with one attached hydrogen (secondary N) is 1. The lowest BCUT2D eigenvalue weighted by atomic mass is 10.0. The predicted molar refractivity (Wildman–Crippen MR) is 63.0 cm³/mol. The molecule has 0 aliphatic carbocycles. The van der Waals surface area contributed by atoms with Crippen LogP contribution in [-0.4, -0.2) is 11.5 Å². The molecule has 0 bridgehead atoms. The number of aromatic nitrogens is 1. The second-order valence-electron chi connectivity index (χ2n) is 3.79. The minimum Gasteiger partial charge on any atom is -0.469 e. The second kappa shape index (κ2) is 5.59. The largest absolute Gasteiger partial charge is 0.469 e. The maximum absolute atomic E-state index is 13.7. The molecule has 0 fully saturated rings. The van der Waals surface area contributed by atoms with Crippen LogP contribution in [0.3, 0.4) is 0 Å². The molecule has 0 spiro atoms. The third-order valence-corrected chi connectivity index (χ3v) is 2.62. The van der Waals surface area contributed by atoms with Gasteiger partial charge in [-0.2, -0.15) is 0 Å². The molecule has 0 saturated carbocycles. The average molecular weight is 234 g/mol. The lowest BCUT2D eigenvalue weighted by Crippen LogP contribution is -2.23. The third kappa shape index (κ3) is 2.91. The third-order valence-electron chi connectivity index (χ3n) is 2.62. The van der Waals surface area contributed by atoms with E-state index in [0.29, 0.717) is 12.0 Å². The molecule has 2 aromatic rings. The molecule has 0 radical (unpaired) electrons. The monoisotopic (exact) mass is 234 g/mol. The minimum absolute atomic E-state index is 0.0888. The number of likely N-dealkylation sites (N-methyl/N-ethyl adjacent to an activating group) is 1. The van der Waals surface area contributed by atoms with E-state index in [9.17, 15) is 4.39 Å². The molecule has 90 valence electrons. The average Bonchev–Trinajstić information content (AvgIpc) is 2.82. The number of halogens is 1. The van der Waals surface area contributed by atoms with Gasteiger partial charge < -0.3 is 9.73 Å². The molecule has 0 aliphatic rings. The first-order valence-corrected chi connectivity index (χ1v) is 5.66. The molecule has 0 amide bonds. The van der Waals surface area contributed by atoms with Crippen molar-refractivity contribution in [1.82, 2.24) is 10.3 Å². The van der Waals surface area contributed by atoms with Crippen LogP contribution >= 0.6 is 0 Å². The van der Waals surface area contributed by atoms with Crippen molar-refractivity contribution < 1.29 is 8.81 Å². The number of pyridine rings is 1. The van der Waals surface area contributed by atoms with E-state index in [1.165, 1.54) is 6.20 Å². The molecule has 0 aliphatic heterocycles. The molecule has 0 saturated heterocycles. The maximum atomic E-state index is 13.7. The summed E-state index contributed by atoms with van der Waals surface area (Å²) in [4.78, 5) is 3.76. The number of furan rings is 1. The molecule has 17 heavy (non-hydrogen) atoms. The Morgan fingerprint density at radius 3 is 3.00 bits per heavy atom. The van der Waals surface area contributed by atoms with Gasteiger partial charge in [-0.25, -0.2) is 4.39 Å². The SMILES string of the molecule is CCNC(Cc1ccco1)c1ccncc1F. The van der Waals surface area contributed by atoms with Gasteiger partial charge in [0.05, 0.1) is 12.5 Å². The van der Waals surface area contributed by atoms with Crippen molar-refractivity contribution >= 4 is 0 Å². The molecule has 2 aromatic heterocycles. The van der Waals surface area contributed by atoms with Gasteiger partial charge in [0.15, 0.2) is 0 Å². The van der Waals surface area contributed by atoms with Crippen LogP contribution in [0.25, 0.3) is 0 Å². The molecular formula is C13H15FN2O. The summed E-state index contributed by atoms with van der Waals surface area (Å²) in [7, 11) is 0. The van der Waals surface area contributed by atoms with E-state index in [1.54, 1.807) is 18.5 Å². The summed E-state index contributed by atoms with van der Waals surface area (Å²) in [5, 5.41) is 3.25. The zero-order chi connectivity index (χ0) is 12.1. The highest BCUT2D eigenvalue weighted by Gasteiger charge is 2.16. The van der Waals surface area contributed by atoms with Crippen molar-refractivity contribution in [3.8, 4) is 0 Å². The van der Waals surface area contributed by atoms with Gasteiger partial charge >= 0.3 is 0 Å². The lowest BCUT2D eigenvalue weighted by Gasteiger charge is -2.17. The zero-order valence-electron chi connectivity index (χ0n) is 9.69. The van der Waals surface area contributed by atoms with Gasteiger partial charge in [0, 0.05) is 24.2 Å². The molecule has 1 atom stereocenters.